The van der Waals surface area contributed by atoms with Crippen molar-refractivity contribution in [3.05, 3.63) is 0 Å². The average molecular weight is 202 g/mol. The van der Waals surface area contributed by atoms with Crippen molar-refractivity contribution >= 4 is 5.91 Å². The van der Waals surface area contributed by atoms with Gasteiger partial charge in [-0.25, -0.2) is 0 Å². The predicted molar refractivity (Wildman–Crippen MR) is 57.1 cm³/mol. The maximum Gasteiger partial charge on any atom is 0.237 e. The Hall–Kier alpha value is -0.610. The minimum absolute atomic E-state index is 0.0117. The lowest BCUT2D eigenvalue weighted by molar-refractivity contribution is -0.125. The number of hydrogen-bond acceptors (Lipinski definition) is 3. The Balaban J connectivity index is 4.37. The van der Waals surface area contributed by atoms with Crippen molar-refractivity contribution in [3.63, 3.8) is 0 Å². The highest BCUT2D eigenvalue weighted by Crippen LogP contribution is 2.13. The van der Waals surface area contributed by atoms with Gasteiger partial charge in [-0.3, -0.25) is 4.79 Å². The summed E-state index contributed by atoms with van der Waals surface area (Å²) in [5.41, 5.74) is -0.456. The number of carbonyl (C=O) groups is 1. The van der Waals surface area contributed by atoms with Gasteiger partial charge >= 0.3 is 0 Å². The van der Waals surface area contributed by atoms with Crippen molar-refractivity contribution < 1.29 is 9.90 Å². The summed E-state index contributed by atoms with van der Waals surface area (Å²) in [5, 5.41) is 15.0. The third-order valence-corrected chi connectivity index (χ3v) is 2.87. The van der Waals surface area contributed by atoms with Crippen LogP contribution in [0.25, 0.3) is 0 Å². The summed E-state index contributed by atoms with van der Waals surface area (Å²) in [5.74, 6) is -0.0646. The molecule has 1 atom stereocenters. The number of likely N-dealkylation sites (N-methyl/N-ethyl adjacent to an activating group) is 1. The SMILES string of the molecule is CCC(CC)(CO)NC(=O)C(C)NC. The molecule has 0 aliphatic carbocycles. The molecule has 0 aliphatic rings. The molecule has 0 aromatic rings. The fourth-order valence-electron chi connectivity index (χ4n) is 1.19. The van der Waals surface area contributed by atoms with Gasteiger partial charge in [0.25, 0.3) is 0 Å². The molecule has 0 fully saturated rings. The van der Waals surface area contributed by atoms with Crippen molar-refractivity contribution in [2.45, 2.75) is 45.2 Å². The van der Waals surface area contributed by atoms with E-state index in [4.69, 9.17) is 0 Å². The fourth-order valence-corrected chi connectivity index (χ4v) is 1.19. The van der Waals surface area contributed by atoms with Gasteiger partial charge in [-0.2, -0.15) is 0 Å². The van der Waals surface area contributed by atoms with E-state index in [9.17, 15) is 9.90 Å². The third kappa shape index (κ3) is 3.27. The Morgan fingerprint density at radius 3 is 2.21 bits per heavy atom. The molecule has 0 aromatic carbocycles. The second-order valence-electron chi connectivity index (χ2n) is 3.65. The summed E-state index contributed by atoms with van der Waals surface area (Å²) in [6.07, 6.45) is 1.48. The number of aliphatic hydroxyl groups is 1. The molecular formula is C10H22N2O2. The molecule has 4 heteroatoms. The number of nitrogens with one attached hydrogen (secondary N) is 2. The Morgan fingerprint density at radius 2 is 1.93 bits per heavy atom. The number of amides is 1. The van der Waals surface area contributed by atoms with Crippen LogP contribution in [-0.4, -0.2) is 36.2 Å². The highest BCUT2D eigenvalue weighted by Gasteiger charge is 2.28. The van der Waals surface area contributed by atoms with Crippen molar-refractivity contribution in [2.75, 3.05) is 13.7 Å². The van der Waals surface area contributed by atoms with Gasteiger partial charge < -0.3 is 15.7 Å². The Kier molecular flexibility index (Phi) is 5.72. The van der Waals surface area contributed by atoms with Crippen LogP contribution in [0.5, 0.6) is 0 Å². The van der Waals surface area contributed by atoms with Crippen LogP contribution in [0, 0.1) is 0 Å². The third-order valence-electron chi connectivity index (χ3n) is 2.87. The largest absolute Gasteiger partial charge is 0.394 e. The monoisotopic (exact) mass is 202 g/mol. The van der Waals surface area contributed by atoms with Gasteiger partial charge in [0.1, 0.15) is 0 Å². The van der Waals surface area contributed by atoms with Crippen LogP contribution in [0.15, 0.2) is 0 Å². The van der Waals surface area contributed by atoms with E-state index in [1.165, 1.54) is 0 Å². The maximum absolute atomic E-state index is 11.6. The van der Waals surface area contributed by atoms with Gasteiger partial charge in [-0.15, -0.1) is 0 Å². The topological polar surface area (TPSA) is 61.4 Å². The molecular weight excluding hydrogens is 180 g/mol. The molecule has 0 saturated heterocycles. The zero-order chi connectivity index (χ0) is 11.2. The van der Waals surface area contributed by atoms with E-state index in [0.29, 0.717) is 0 Å². The molecule has 0 rings (SSSR count). The van der Waals surface area contributed by atoms with Crippen LogP contribution in [0.4, 0.5) is 0 Å². The molecule has 0 aromatic heterocycles. The van der Waals surface area contributed by atoms with Gasteiger partial charge in [0.05, 0.1) is 18.2 Å². The highest BCUT2D eigenvalue weighted by atomic mass is 16.3. The molecule has 0 bridgehead atoms. The van der Waals surface area contributed by atoms with Gasteiger partial charge in [0, 0.05) is 0 Å². The number of rotatable bonds is 6. The van der Waals surface area contributed by atoms with E-state index < -0.39 is 5.54 Å². The maximum atomic E-state index is 11.6. The summed E-state index contributed by atoms with van der Waals surface area (Å²) >= 11 is 0. The van der Waals surface area contributed by atoms with Crippen LogP contribution in [0.3, 0.4) is 0 Å². The van der Waals surface area contributed by atoms with Gasteiger partial charge in [-0.05, 0) is 26.8 Å². The van der Waals surface area contributed by atoms with E-state index in [2.05, 4.69) is 10.6 Å². The first kappa shape index (κ1) is 13.4. The van der Waals surface area contributed by atoms with E-state index in [1.807, 2.05) is 13.8 Å². The quantitative estimate of drug-likeness (QED) is 0.579. The molecule has 0 saturated carbocycles. The number of hydrogen-bond donors (Lipinski definition) is 3. The fraction of sp³-hybridized carbons (Fsp3) is 0.900. The van der Waals surface area contributed by atoms with E-state index in [-0.39, 0.29) is 18.6 Å². The second-order valence-corrected chi connectivity index (χ2v) is 3.65. The van der Waals surface area contributed by atoms with Crippen LogP contribution in [0.1, 0.15) is 33.6 Å². The minimum atomic E-state index is -0.456. The average Bonchev–Trinajstić information content (AvgIpc) is 2.24. The normalized spacial score (nSPS) is 13.8. The van der Waals surface area contributed by atoms with Crippen LogP contribution in [-0.2, 0) is 4.79 Å². The molecule has 0 aliphatic heterocycles. The number of aliphatic hydroxyl groups excluding tert-OH is 1. The van der Waals surface area contributed by atoms with Crippen LogP contribution >= 0.6 is 0 Å². The summed E-state index contributed by atoms with van der Waals surface area (Å²) in [4.78, 5) is 11.6. The molecule has 0 spiro atoms. The standard InChI is InChI=1S/C10H22N2O2/c1-5-10(6-2,7-13)12-9(14)8(3)11-4/h8,11,13H,5-7H2,1-4H3,(H,12,14). The van der Waals surface area contributed by atoms with Crippen LogP contribution in [0.2, 0.25) is 0 Å². The van der Waals surface area contributed by atoms with E-state index in [1.54, 1.807) is 14.0 Å². The molecule has 3 N–H and O–H groups in total. The number of carbonyl (C=O) groups excluding carboxylic acids is 1. The molecule has 0 radical (unpaired) electrons. The molecule has 1 unspecified atom stereocenters. The predicted octanol–water partition coefficient (Wildman–Crippen LogP) is 0.262. The summed E-state index contributed by atoms with van der Waals surface area (Å²) in [7, 11) is 1.74. The Labute approximate surface area is 86.1 Å². The minimum Gasteiger partial charge on any atom is -0.394 e. The van der Waals surface area contributed by atoms with Gasteiger partial charge in [0.15, 0.2) is 0 Å². The summed E-state index contributed by atoms with van der Waals surface area (Å²) in [6.45, 7) is 5.71. The molecule has 0 heterocycles. The Bertz CT molecular complexity index is 171. The van der Waals surface area contributed by atoms with Crippen molar-refractivity contribution in [2.24, 2.45) is 0 Å². The Morgan fingerprint density at radius 1 is 1.43 bits per heavy atom. The summed E-state index contributed by atoms with van der Waals surface area (Å²) < 4.78 is 0. The van der Waals surface area contributed by atoms with Crippen molar-refractivity contribution in [1.29, 1.82) is 0 Å². The highest BCUT2D eigenvalue weighted by molar-refractivity contribution is 5.82. The zero-order valence-electron chi connectivity index (χ0n) is 9.55. The zero-order valence-corrected chi connectivity index (χ0v) is 9.55. The smallest absolute Gasteiger partial charge is 0.237 e. The molecule has 14 heavy (non-hydrogen) atoms. The van der Waals surface area contributed by atoms with E-state index >= 15 is 0 Å². The van der Waals surface area contributed by atoms with Gasteiger partial charge in [-0.1, -0.05) is 13.8 Å². The molecule has 4 nitrogen and oxygen atoms in total. The van der Waals surface area contributed by atoms with E-state index in [0.717, 1.165) is 12.8 Å². The van der Waals surface area contributed by atoms with Crippen LogP contribution < -0.4 is 10.6 Å². The lowest BCUT2D eigenvalue weighted by Crippen LogP contribution is -2.55. The lowest BCUT2D eigenvalue weighted by atomic mass is 9.93. The first-order valence-electron chi connectivity index (χ1n) is 5.15. The summed E-state index contributed by atoms with van der Waals surface area (Å²) in [6, 6.07) is -0.223. The first-order chi connectivity index (χ1) is 6.55. The van der Waals surface area contributed by atoms with Crippen molar-refractivity contribution in [1.82, 2.24) is 10.6 Å². The first-order valence-corrected chi connectivity index (χ1v) is 5.15. The molecule has 84 valence electrons. The second kappa shape index (κ2) is 5.98. The molecule has 1 amide bonds. The van der Waals surface area contributed by atoms with Gasteiger partial charge in [0.2, 0.25) is 5.91 Å². The lowest BCUT2D eigenvalue weighted by Gasteiger charge is -2.31. The van der Waals surface area contributed by atoms with Crippen molar-refractivity contribution in [3.8, 4) is 0 Å².